The minimum atomic E-state index is -0.379. The van der Waals surface area contributed by atoms with Crippen LogP contribution in [0.4, 0.5) is 0 Å². The number of aryl methyl sites for hydroxylation is 1. The molecule has 1 aliphatic rings. The molecule has 1 fully saturated rings. The highest BCUT2D eigenvalue weighted by molar-refractivity contribution is 5.80. The Morgan fingerprint density at radius 1 is 0.878 bits per heavy atom. The fourth-order valence-electron chi connectivity index (χ4n) is 5.64. The molecule has 0 saturated carbocycles. The summed E-state index contributed by atoms with van der Waals surface area (Å²) in [7, 11) is 1.68. The van der Waals surface area contributed by atoms with E-state index in [1.807, 2.05) is 47.1 Å². The van der Waals surface area contributed by atoms with E-state index < -0.39 is 0 Å². The van der Waals surface area contributed by atoms with Gasteiger partial charge in [0.2, 0.25) is 0 Å². The molecule has 2 aromatic heterocycles. The molecule has 0 unspecified atom stereocenters. The van der Waals surface area contributed by atoms with E-state index in [4.69, 9.17) is 4.74 Å². The van der Waals surface area contributed by atoms with Crippen LogP contribution in [0.25, 0.3) is 10.9 Å². The molecule has 3 heterocycles. The lowest BCUT2D eigenvalue weighted by Crippen LogP contribution is -2.48. The second kappa shape index (κ2) is 12.0. The van der Waals surface area contributed by atoms with Crippen LogP contribution >= 0.6 is 0 Å². The molecule has 1 saturated heterocycles. The molecule has 9 heteroatoms. The highest BCUT2D eigenvalue weighted by Crippen LogP contribution is 2.29. The van der Waals surface area contributed by atoms with E-state index in [2.05, 4.69) is 73.6 Å². The van der Waals surface area contributed by atoms with Crippen LogP contribution < -0.4 is 10.3 Å². The van der Waals surface area contributed by atoms with E-state index >= 15 is 0 Å². The van der Waals surface area contributed by atoms with E-state index in [-0.39, 0.29) is 11.6 Å². The molecule has 1 aliphatic heterocycles. The van der Waals surface area contributed by atoms with Crippen LogP contribution in [-0.2, 0) is 19.5 Å². The summed E-state index contributed by atoms with van der Waals surface area (Å²) in [6.45, 7) is 6.84. The van der Waals surface area contributed by atoms with Crippen LogP contribution in [0.3, 0.4) is 0 Å². The van der Waals surface area contributed by atoms with Gasteiger partial charge in [0.15, 0.2) is 5.82 Å². The third kappa shape index (κ3) is 5.91. The number of methoxy groups -OCH3 is 1. The standard InChI is InChI=1S/C32H35N7O2/c1-3-23-11-14-29-26(19-23)20-28(32(40)33-29)30(31-34-35-36-39(31)22-24-7-5-4-6-8-24)38-17-15-37(16-18-38)21-25-9-12-27(41-2)13-10-25/h4-14,19-20,30H,3,15-18,21-22H2,1-2H3,(H,33,40)/t30-/m0/s1. The average Bonchev–Trinajstić information content (AvgIpc) is 3.46. The van der Waals surface area contributed by atoms with Crippen molar-refractivity contribution in [3.8, 4) is 5.75 Å². The Bertz CT molecular complexity index is 1660. The lowest BCUT2D eigenvalue weighted by atomic mass is 10.0. The van der Waals surface area contributed by atoms with Gasteiger partial charge in [-0.25, -0.2) is 4.68 Å². The van der Waals surface area contributed by atoms with Crippen molar-refractivity contribution in [1.82, 2.24) is 35.0 Å². The number of piperazine rings is 1. The minimum Gasteiger partial charge on any atom is -0.497 e. The lowest BCUT2D eigenvalue weighted by molar-refractivity contribution is 0.0998. The van der Waals surface area contributed by atoms with E-state index in [1.54, 1.807) is 7.11 Å². The van der Waals surface area contributed by atoms with Gasteiger partial charge in [-0.2, -0.15) is 0 Å². The Kier molecular flexibility index (Phi) is 7.89. The summed E-state index contributed by atoms with van der Waals surface area (Å²) >= 11 is 0. The largest absolute Gasteiger partial charge is 0.497 e. The van der Waals surface area contributed by atoms with Crippen molar-refractivity contribution in [2.75, 3.05) is 33.3 Å². The number of nitrogens with zero attached hydrogens (tertiary/aromatic N) is 6. The molecule has 1 atom stereocenters. The second-order valence-corrected chi connectivity index (χ2v) is 10.6. The molecule has 41 heavy (non-hydrogen) atoms. The minimum absolute atomic E-state index is 0.110. The summed E-state index contributed by atoms with van der Waals surface area (Å²) in [5.74, 6) is 1.54. The quantitative estimate of drug-likeness (QED) is 0.297. The molecule has 0 amide bonds. The number of aromatic nitrogens is 5. The summed E-state index contributed by atoms with van der Waals surface area (Å²) in [4.78, 5) is 21.5. The Balaban J connectivity index is 1.32. The number of pyridine rings is 1. The molecule has 1 N–H and O–H groups in total. The number of fused-ring (bicyclic) bond motifs is 1. The summed E-state index contributed by atoms with van der Waals surface area (Å²) in [5.41, 5.74) is 4.97. The van der Waals surface area contributed by atoms with Gasteiger partial charge in [-0.15, -0.1) is 5.10 Å². The van der Waals surface area contributed by atoms with Gasteiger partial charge in [0.1, 0.15) is 11.8 Å². The van der Waals surface area contributed by atoms with Gasteiger partial charge < -0.3 is 9.72 Å². The molecular weight excluding hydrogens is 514 g/mol. The molecule has 3 aromatic carbocycles. The smallest absolute Gasteiger partial charge is 0.253 e. The van der Waals surface area contributed by atoms with E-state index in [1.165, 1.54) is 11.1 Å². The molecule has 9 nitrogen and oxygen atoms in total. The Labute approximate surface area is 239 Å². The zero-order valence-electron chi connectivity index (χ0n) is 23.5. The number of ether oxygens (including phenoxy) is 1. The molecule has 0 radical (unpaired) electrons. The van der Waals surface area contributed by atoms with Gasteiger partial charge in [-0.1, -0.05) is 55.5 Å². The third-order valence-corrected chi connectivity index (χ3v) is 7.96. The van der Waals surface area contributed by atoms with Crippen molar-refractivity contribution in [3.63, 3.8) is 0 Å². The molecule has 6 rings (SSSR count). The van der Waals surface area contributed by atoms with Crippen molar-refractivity contribution in [2.45, 2.75) is 32.5 Å². The number of H-pyrrole nitrogens is 1. The van der Waals surface area contributed by atoms with Crippen LogP contribution in [-0.4, -0.2) is 68.3 Å². The number of rotatable bonds is 9. The maximum Gasteiger partial charge on any atom is 0.253 e. The van der Waals surface area contributed by atoms with Crippen LogP contribution in [0.15, 0.2) is 83.7 Å². The van der Waals surface area contributed by atoms with Crippen LogP contribution in [0.1, 0.15) is 41.0 Å². The van der Waals surface area contributed by atoms with Gasteiger partial charge >= 0.3 is 0 Å². The fourth-order valence-corrected chi connectivity index (χ4v) is 5.64. The normalized spacial score (nSPS) is 15.3. The first-order chi connectivity index (χ1) is 20.1. The highest BCUT2D eigenvalue weighted by atomic mass is 16.5. The van der Waals surface area contributed by atoms with Crippen LogP contribution in [0.5, 0.6) is 5.75 Å². The maximum atomic E-state index is 13.6. The Morgan fingerprint density at radius 3 is 2.34 bits per heavy atom. The van der Waals surface area contributed by atoms with Crippen molar-refractivity contribution < 1.29 is 4.74 Å². The van der Waals surface area contributed by atoms with E-state index in [9.17, 15) is 4.79 Å². The zero-order chi connectivity index (χ0) is 28.2. The number of benzene rings is 3. The Hall–Kier alpha value is -4.34. The topological polar surface area (TPSA) is 92.2 Å². The zero-order valence-corrected chi connectivity index (χ0v) is 23.5. The van der Waals surface area contributed by atoms with Crippen LogP contribution in [0.2, 0.25) is 0 Å². The molecule has 5 aromatic rings. The predicted molar refractivity (Wildman–Crippen MR) is 159 cm³/mol. The predicted octanol–water partition coefficient (Wildman–Crippen LogP) is 4.04. The number of hydrogen-bond acceptors (Lipinski definition) is 7. The first-order valence-electron chi connectivity index (χ1n) is 14.2. The fraction of sp³-hybridized carbons (Fsp3) is 0.312. The number of tetrazole rings is 1. The molecular formula is C32H35N7O2. The van der Waals surface area contributed by atoms with Crippen LogP contribution in [0, 0.1) is 0 Å². The summed E-state index contributed by atoms with van der Waals surface area (Å²) in [6, 6.07) is 26.3. The van der Waals surface area contributed by atoms with Crippen molar-refractivity contribution in [1.29, 1.82) is 0 Å². The van der Waals surface area contributed by atoms with Gasteiger partial charge in [0.05, 0.1) is 13.7 Å². The second-order valence-electron chi connectivity index (χ2n) is 10.6. The first-order valence-corrected chi connectivity index (χ1v) is 14.2. The lowest BCUT2D eigenvalue weighted by Gasteiger charge is -2.38. The monoisotopic (exact) mass is 549 g/mol. The van der Waals surface area contributed by atoms with Crippen molar-refractivity contribution in [2.24, 2.45) is 0 Å². The van der Waals surface area contributed by atoms with Gasteiger partial charge in [0.25, 0.3) is 5.56 Å². The number of aromatic amines is 1. The first kappa shape index (κ1) is 26.9. The highest BCUT2D eigenvalue weighted by Gasteiger charge is 2.32. The number of nitrogens with one attached hydrogen (secondary N) is 1. The summed E-state index contributed by atoms with van der Waals surface area (Å²) in [5, 5.41) is 13.9. The molecule has 0 spiro atoms. The third-order valence-electron chi connectivity index (χ3n) is 7.96. The molecule has 210 valence electrons. The van der Waals surface area contributed by atoms with E-state index in [0.29, 0.717) is 17.9 Å². The van der Waals surface area contributed by atoms with E-state index in [0.717, 1.165) is 61.4 Å². The van der Waals surface area contributed by atoms with Gasteiger partial charge in [-0.3, -0.25) is 14.6 Å². The molecule has 0 aliphatic carbocycles. The SMILES string of the molecule is CCc1ccc2[nH]c(=O)c([C@@H](c3nnnn3Cc3ccccc3)N3CCN(Cc4ccc(OC)cc4)CC3)cc2c1. The number of hydrogen-bond donors (Lipinski definition) is 1. The van der Waals surface area contributed by atoms with Gasteiger partial charge in [0, 0.05) is 43.8 Å². The summed E-state index contributed by atoms with van der Waals surface area (Å²) < 4.78 is 7.14. The van der Waals surface area contributed by atoms with Gasteiger partial charge in [-0.05, 0) is 69.3 Å². The summed E-state index contributed by atoms with van der Waals surface area (Å²) in [6.07, 6.45) is 0.930. The Morgan fingerprint density at radius 2 is 1.61 bits per heavy atom. The molecule has 0 bridgehead atoms. The van der Waals surface area contributed by atoms with Crippen molar-refractivity contribution >= 4 is 10.9 Å². The maximum absolute atomic E-state index is 13.6. The van der Waals surface area contributed by atoms with Crippen molar-refractivity contribution in [3.05, 3.63) is 117 Å². The average molecular weight is 550 g/mol.